The van der Waals surface area contributed by atoms with Gasteiger partial charge in [-0.05, 0) is 43.2 Å². The van der Waals surface area contributed by atoms with Gasteiger partial charge in [-0.1, -0.05) is 49.6 Å². The van der Waals surface area contributed by atoms with Gasteiger partial charge in [-0.25, -0.2) is 9.37 Å². The van der Waals surface area contributed by atoms with Crippen LogP contribution in [0.15, 0.2) is 76.6 Å². The number of fused-ring (bicyclic) bond motifs is 1. The quantitative estimate of drug-likeness (QED) is 0.311. The number of nitrogens with zero attached hydrogens (tertiary/aromatic N) is 3. The number of benzene rings is 3. The molecule has 0 N–H and O–H groups in total. The molecular weight excluding hydrogens is 445 g/mol. The Morgan fingerprint density at radius 3 is 2.51 bits per heavy atom. The van der Waals surface area contributed by atoms with E-state index in [1.165, 1.54) is 36.6 Å². The number of hydrogen-bond donors (Lipinski definition) is 0. The van der Waals surface area contributed by atoms with E-state index in [1.54, 1.807) is 18.2 Å². The molecule has 1 aliphatic carbocycles. The van der Waals surface area contributed by atoms with Crippen LogP contribution in [0.4, 0.5) is 4.39 Å². The van der Waals surface area contributed by atoms with Gasteiger partial charge in [0.2, 0.25) is 0 Å². The van der Waals surface area contributed by atoms with Gasteiger partial charge in [-0.2, -0.15) is 9.78 Å². The molecule has 1 aliphatic rings. The first-order valence-corrected chi connectivity index (χ1v) is 11.8. The van der Waals surface area contributed by atoms with E-state index >= 15 is 0 Å². The Morgan fingerprint density at radius 2 is 1.74 bits per heavy atom. The molecule has 0 radical (unpaired) electrons. The number of ether oxygens (including phenoxy) is 2. The number of methoxy groups -OCH3 is 1. The Hall–Kier alpha value is -4.00. The molecule has 0 aliphatic heterocycles. The topological polar surface area (TPSA) is 65.7 Å². The number of halogens is 1. The SMILES string of the molecule is COc1cc(F)c(Oc2ccccc2)cc1C=Nn1c(C2CCCCC2)nc2ccccc2c1=O. The maximum Gasteiger partial charge on any atom is 0.282 e. The van der Waals surface area contributed by atoms with Crippen LogP contribution < -0.4 is 15.0 Å². The molecule has 1 aromatic heterocycles. The minimum atomic E-state index is -0.560. The third kappa shape index (κ3) is 4.80. The van der Waals surface area contributed by atoms with Crippen molar-refractivity contribution in [3.63, 3.8) is 0 Å². The van der Waals surface area contributed by atoms with E-state index in [4.69, 9.17) is 14.5 Å². The maximum atomic E-state index is 14.7. The molecule has 1 fully saturated rings. The van der Waals surface area contributed by atoms with Crippen molar-refractivity contribution >= 4 is 17.1 Å². The minimum absolute atomic E-state index is 0.0370. The number of aromatic nitrogens is 2. The predicted octanol–water partition coefficient (Wildman–Crippen LogP) is 6.27. The summed E-state index contributed by atoms with van der Waals surface area (Å²) in [7, 11) is 1.46. The van der Waals surface area contributed by atoms with Gasteiger partial charge >= 0.3 is 0 Å². The summed E-state index contributed by atoms with van der Waals surface area (Å²) in [6.45, 7) is 0. The van der Waals surface area contributed by atoms with E-state index in [-0.39, 0.29) is 23.0 Å². The lowest BCUT2D eigenvalue weighted by atomic mass is 9.88. The van der Waals surface area contributed by atoms with Gasteiger partial charge < -0.3 is 9.47 Å². The monoisotopic (exact) mass is 471 g/mol. The van der Waals surface area contributed by atoms with Crippen LogP contribution in [0.3, 0.4) is 0 Å². The fourth-order valence-electron chi connectivity index (χ4n) is 4.52. The van der Waals surface area contributed by atoms with E-state index in [2.05, 4.69) is 5.10 Å². The zero-order valence-corrected chi connectivity index (χ0v) is 19.5. The largest absolute Gasteiger partial charge is 0.496 e. The van der Waals surface area contributed by atoms with Crippen LogP contribution in [-0.4, -0.2) is 23.0 Å². The molecule has 7 heteroatoms. The van der Waals surface area contributed by atoms with E-state index in [9.17, 15) is 9.18 Å². The summed E-state index contributed by atoms with van der Waals surface area (Å²) in [5.74, 6) is 1.09. The second kappa shape index (κ2) is 10.1. The summed E-state index contributed by atoms with van der Waals surface area (Å²) in [5, 5.41) is 5.05. The lowest BCUT2D eigenvalue weighted by Gasteiger charge is -2.22. The van der Waals surface area contributed by atoms with Gasteiger partial charge in [0.25, 0.3) is 5.56 Å². The van der Waals surface area contributed by atoms with Crippen LogP contribution in [0.5, 0.6) is 17.2 Å². The fraction of sp³-hybridized carbons (Fsp3) is 0.250. The number of hydrogen-bond acceptors (Lipinski definition) is 5. The van der Waals surface area contributed by atoms with Gasteiger partial charge in [0, 0.05) is 17.5 Å². The molecule has 0 bridgehead atoms. The molecule has 1 saturated carbocycles. The molecule has 35 heavy (non-hydrogen) atoms. The van der Waals surface area contributed by atoms with Gasteiger partial charge in [0.15, 0.2) is 11.6 Å². The highest BCUT2D eigenvalue weighted by Crippen LogP contribution is 2.33. The van der Waals surface area contributed by atoms with Gasteiger partial charge in [0.05, 0.1) is 24.2 Å². The second-order valence-electron chi connectivity index (χ2n) is 8.62. The van der Waals surface area contributed by atoms with Crippen molar-refractivity contribution in [2.75, 3.05) is 7.11 Å². The van der Waals surface area contributed by atoms with Crippen molar-refractivity contribution < 1.29 is 13.9 Å². The summed E-state index contributed by atoms with van der Waals surface area (Å²) in [6, 6.07) is 19.0. The first-order chi connectivity index (χ1) is 17.1. The van der Waals surface area contributed by atoms with Crippen LogP contribution in [0.1, 0.15) is 49.4 Å². The normalized spacial score (nSPS) is 14.5. The Kier molecular flexibility index (Phi) is 6.57. The van der Waals surface area contributed by atoms with E-state index in [1.807, 2.05) is 36.4 Å². The Bertz CT molecular complexity index is 1430. The van der Waals surface area contributed by atoms with Crippen LogP contribution in [0.2, 0.25) is 0 Å². The lowest BCUT2D eigenvalue weighted by Crippen LogP contribution is -2.25. The van der Waals surface area contributed by atoms with Crippen molar-refractivity contribution in [3.8, 4) is 17.2 Å². The minimum Gasteiger partial charge on any atom is -0.496 e. The summed E-state index contributed by atoms with van der Waals surface area (Å²) in [6.07, 6.45) is 6.82. The average molecular weight is 472 g/mol. The molecule has 178 valence electrons. The molecule has 4 aromatic rings. The third-order valence-corrected chi connectivity index (χ3v) is 6.32. The third-order valence-electron chi connectivity index (χ3n) is 6.32. The van der Waals surface area contributed by atoms with Crippen molar-refractivity contribution in [1.82, 2.24) is 9.66 Å². The molecule has 1 heterocycles. The summed E-state index contributed by atoms with van der Waals surface area (Å²) in [5.41, 5.74) is 0.922. The average Bonchev–Trinajstić information content (AvgIpc) is 2.90. The Labute approximate surface area is 202 Å². The molecule has 0 amide bonds. The first kappa shape index (κ1) is 22.8. The molecule has 0 spiro atoms. The number of rotatable bonds is 6. The molecule has 0 saturated heterocycles. The highest BCUT2D eigenvalue weighted by atomic mass is 19.1. The molecule has 5 rings (SSSR count). The molecular formula is C28H26FN3O3. The van der Waals surface area contributed by atoms with E-state index in [0.29, 0.717) is 28.0 Å². The molecule has 3 aromatic carbocycles. The smallest absolute Gasteiger partial charge is 0.282 e. The molecule has 0 atom stereocenters. The zero-order valence-electron chi connectivity index (χ0n) is 19.5. The van der Waals surface area contributed by atoms with Crippen LogP contribution in [-0.2, 0) is 0 Å². The van der Waals surface area contributed by atoms with Gasteiger partial charge in [0.1, 0.15) is 17.3 Å². The van der Waals surface area contributed by atoms with Crippen molar-refractivity contribution in [2.45, 2.75) is 38.0 Å². The van der Waals surface area contributed by atoms with Gasteiger partial charge in [-0.15, -0.1) is 0 Å². The van der Waals surface area contributed by atoms with Gasteiger partial charge in [-0.3, -0.25) is 4.79 Å². The molecule has 6 nitrogen and oxygen atoms in total. The summed E-state index contributed by atoms with van der Waals surface area (Å²) in [4.78, 5) is 18.3. The van der Waals surface area contributed by atoms with Crippen molar-refractivity contribution in [3.05, 3.63) is 94.3 Å². The second-order valence-corrected chi connectivity index (χ2v) is 8.62. The maximum absolute atomic E-state index is 14.7. The van der Waals surface area contributed by atoms with Crippen LogP contribution >= 0.6 is 0 Å². The first-order valence-electron chi connectivity index (χ1n) is 11.8. The summed E-state index contributed by atoms with van der Waals surface area (Å²) < 4.78 is 27.2. The molecule has 0 unspecified atom stereocenters. The highest BCUT2D eigenvalue weighted by molar-refractivity contribution is 5.84. The van der Waals surface area contributed by atoms with Crippen molar-refractivity contribution in [2.24, 2.45) is 5.10 Å². The van der Waals surface area contributed by atoms with E-state index < -0.39 is 5.82 Å². The highest BCUT2D eigenvalue weighted by Gasteiger charge is 2.22. The fourth-order valence-corrected chi connectivity index (χ4v) is 4.52. The van der Waals surface area contributed by atoms with Crippen LogP contribution in [0, 0.1) is 5.82 Å². The number of para-hydroxylation sites is 2. The summed E-state index contributed by atoms with van der Waals surface area (Å²) >= 11 is 0. The lowest BCUT2D eigenvalue weighted by molar-refractivity contribution is 0.401. The zero-order chi connectivity index (χ0) is 24.2. The standard InChI is InChI=1S/C28H26FN3O3/c1-34-25-17-23(29)26(35-21-12-6-3-7-13-21)16-20(25)18-30-32-27(19-10-4-2-5-11-19)31-24-15-9-8-14-22(24)28(32)33/h3,6-9,12-19H,2,4-5,10-11H2,1H3. The van der Waals surface area contributed by atoms with Crippen LogP contribution in [0.25, 0.3) is 10.9 Å². The van der Waals surface area contributed by atoms with E-state index in [0.717, 1.165) is 25.7 Å². The predicted molar refractivity (Wildman–Crippen MR) is 134 cm³/mol. The Morgan fingerprint density at radius 1 is 1.00 bits per heavy atom. The Balaban J connectivity index is 1.59. The van der Waals surface area contributed by atoms with Crippen molar-refractivity contribution in [1.29, 1.82) is 0 Å².